The number of rotatable bonds is 14. The van der Waals surface area contributed by atoms with E-state index in [-0.39, 0.29) is 0 Å². The van der Waals surface area contributed by atoms with Gasteiger partial charge in [-0.2, -0.15) is 0 Å². The molecule has 0 radical (unpaired) electrons. The third-order valence-electron chi connectivity index (χ3n) is 25.4. The van der Waals surface area contributed by atoms with Gasteiger partial charge in [0.25, 0.3) is 0 Å². The van der Waals surface area contributed by atoms with Gasteiger partial charge in [-0.1, -0.05) is 328 Å². The molecule has 0 N–H and O–H groups in total. The van der Waals surface area contributed by atoms with E-state index in [1.165, 1.54) is 56.3 Å². The molecule has 0 unspecified atom stereocenters. The van der Waals surface area contributed by atoms with Gasteiger partial charge in [0.2, 0.25) is 0 Å². The van der Waals surface area contributed by atoms with E-state index in [1.807, 2.05) is 84.4 Å². The van der Waals surface area contributed by atoms with E-state index in [4.69, 9.17) is 34.3 Å². The van der Waals surface area contributed by atoms with Gasteiger partial charge in [-0.3, -0.25) is 9.97 Å². The molecule has 0 atom stereocenters. The Kier molecular flexibility index (Phi) is 21.2. The van der Waals surface area contributed by atoms with Crippen LogP contribution in [-0.4, -0.2) is 39.9 Å². The molecule has 0 spiro atoms. The second kappa shape index (κ2) is 35.5. The molecular formula is C124H76N8OS4. The maximum absolute atomic E-state index is 6.27. The summed E-state index contributed by atoms with van der Waals surface area (Å²) in [5.41, 5.74) is 31.5. The highest BCUT2D eigenvalue weighted by Gasteiger charge is 2.25. The van der Waals surface area contributed by atoms with E-state index < -0.39 is 0 Å². The molecule has 27 aromatic rings. The van der Waals surface area contributed by atoms with Gasteiger partial charge >= 0.3 is 0 Å². The van der Waals surface area contributed by atoms with Crippen LogP contribution in [0.2, 0.25) is 0 Å². The molecule has 0 saturated carbocycles. The summed E-state index contributed by atoms with van der Waals surface area (Å²) in [6, 6.07) is 157. The lowest BCUT2D eigenvalue weighted by Gasteiger charge is -2.13. The average Bonchev–Trinajstić information content (AvgIpc) is 1.49. The maximum atomic E-state index is 6.27. The van der Waals surface area contributed by atoms with E-state index >= 15 is 0 Å². The van der Waals surface area contributed by atoms with Crippen LogP contribution in [0.1, 0.15) is 0 Å². The first-order valence-corrected chi connectivity index (χ1v) is 48.8. The van der Waals surface area contributed by atoms with E-state index in [2.05, 4.69) is 398 Å². The fourth-order valence-corrected chi connectivity index (χ4v) is 23.4. The Morgan fingerprint density at radius 1 is 0.168 bits per heavy atom. The molecule has 9 nitrogen and oxygen atoms in total. The van der Waals surface area contributed by atoms with E-state index in [9.17, 15) is 0 Å². The third kappa shape index (κ3) is 15.8. The number of hydrogen-bond donors (Lipinski definition) is 0. The topological polar surface area (TPSA) is 116 Å². The van der Waals surface area contributed by atoms with Crippen molar-refractivity contribution in [1.82, 2.24) is 39.9 Å². The molecule has 0 aliphatic heterocycles. The van der Waals surface area contributed by atoms with E-state index in [1.54, 1.807) is 34.0 Å². The fraction of sp³-hybridized carbons (Fsp3) is 0. The van der Waals surface area contributed by atoms with Crippen molar-refractivity contribution in [2.24, 2.45) is 0 Å². The van der Waals surface area contributed by atoms with Gasteiger partial charge in [-0.05, 0) is 188 Å². The molecule has 0 saturated heterocycles. The highest BCUT2D eigenvalue weighted by atomic mass is 32.1. The number of aromatic nitrogens is 8. The molecule has 13 heteroatoms. The number of thiophene rings is 4. The molecule has 27 rings (SSSR count). The van der Waals surface area contributed by atoms with Gasteiger partial charge in [-0.15, -0.1) is 45.3 Å². The first-order valence-electron chi connectivity index (χ1n) is 45.5. The zero-order chi connectivity index (χ0) is 90.6. The lowest BCUT2D eigenvalue weighted by atomic mass is 9.94. The molecule has 137 heavy (non-hydrogen) atoms. The lowest BCUT2D eigenvalue weighted by Crippen LogP contribution is -1.95. The number of pyridine rings is 2. The van der Waals surface area contributed by atoms with Crippen molar-refractivity contribution in [2.45, 2.75) is 0 Å². The molecule has 0 amide bonds. The van der Waals surface area contributed by atoms with Crippen molar-refractivity contribution in [3.63, 3.8) is 0 Å². The zero-order valence-corrected chi connectivity index (χ0v) is 76.8. The summed E-state index contributed by atoms with van der Waals surface area (Å²) in [5.74, 6) is 2.15. The third-order valence-corrected chi connectivity index (χ3v) is 30.1. The largest absolute Gasteiger partial charge is 0.456 e. The number of benzene rings is 17. The summed E-state index contributed by atoms with van der Waals surface area (Å²) in [7, 11) is 0. The first kappa shape index (κ1) is 81.9. The van der Waals surface area contributed by atoms with Crippen LogP contribution in [0, 0.1) is 0 Å². The van der Waals surface area contributed by atoms with Crippen LogP contribution in [0.5, 0.6) is 0 Å². The molecular weight excluding hydrogens is 1750 g/mol. The Morgan fingerprint density at radius 2 is 0.467 bits per heavy atom. The van der Waals surface area contributed by atoms with Gasteiger partial charge in [0, 0.05) is 118 Å². The monoisotopic (exact) mass is 1820 g/mol. The Balaban J connectivity index is 0.000000109. The minimum absolute atomic E-state index is 0.702. The van der Waals surface area contributed by atoms with Crippen molar-refractivity contribution < 1.29 is 4.42 Å². The summed E-state index contributed by atoms with van der Waals surface area (Å²) in [5, 5.41) is 8.32. The quantitative estimate of drug-likeness (QED) is 0.105. The fourth-order valence-electron chi connectivity index (χ4n) is 18.7. The maximum Gasteiger partial charge on any atom is 0.160 e. The number of fused-ring (bicyclic) bond motifs is 15. The van der Waals surface area contributed by atoms with Gasteiger partial charge in [-0.25, -0.2) is 29.9 Å². The number of hydrogen-bond acceptors (Lipinski definition) is 13. The Hall–Kier alpha value is -17.0. The van der Waals surface area contributed by atoms with Crippen LogP contribution in [0.3, 0.4) is 0 Å². The number of nitrogens with zero attached hydrogens (tertiary/aromatic N) is 8. The summed E-state index contributed by atoms with van der Waals surface area (Å²) in [4.78, 5) is 40.8. The highest BCUT2D eigenvalue weighted by molar-refractivity contribution is 7.27. The van der Waals surface area contributed by atoms with Crippen LogP contribution >= 0.6 is 45.3 Å². The minimum Gasteiger partial charge on any atom is -0.456 e. The Labute approximate surface area is 804 Å². The molecule has 0 fully saturated rings. The standard InChI is InChI=1S/C44H28N4S.C40H24N2OS.C40H24N2S2/c1-2-10-33(11-3-1)41-43-42(37-12-4-5-15-40(37)49-43)48-44(47-41)36-27-34(29-16-20-31(21-17-29)38-13-6-8-24-45-38)26-35(28-36)30-18-22-32(23-19-30)39-14-7-9-25-46-39;1-3-11-25(12-4-1)28-21-29(27-19-20-32-31-15-7-9-17-34(31)43-35(32)24-27)23-30(22-28)40-41-37(26-13-5-2-6-14-26)39-38(42-40)33-16-8-10-18-36(33)44-39;1-3-12-25(13-4-1)27-22-28(30-18-11-19-32-31-16-7-9-20-34(31)43-38(30)32)24-29(23-27)40-41-36(26-14-5-2-6-15-26)39-37(42-40)33-17-8-10-21-35(33)44-39/h1-28H;2*1-24H. The number of para-hydroxylation sites is 1. The summed E-state index contributed by atoms with van der Waals surface area (Å²) < 4.78 is 15.8. The van der Waals surface area contributed by atoms with Crippen LogP contribution < -0.4 is 0 Å². The van der Waals surface area contributed by atoms with Crippen LogP contribution in [0.15, 0.2) is 466 Å². The van der Waals surface area contributed by atoms with Crippen molar-refractivity contribution in [1.29, 1.82) is 0 Å². The smallest absolute Gasteiger partial charge is 0.160 e. The molecule has 10 aromatic heterocycles. The van der Waals surface area contributed by atoms with Crippen molar-refractivity contribution in [3.05, 3.63) is 461 Å². The van der Waals surface area contributed by atoms with E-state index in [0.29, 0.717) is 11.6 Å². The summed E-state index contributed by atoms with van der Waals surface area (Å²) in [6.07, 6.45) is 3.66. The summed E-state index contributed by atoms with van der Waals surface area (Å²) in [6.45, 7) is 0. The van der Waals surface area contributed by atoms with Gasteiger partial charge < -0.3 is 4.42 Å². The second-order valence-corrected chi connectivity index (χ2v) is 38.1. The van der Waals surface area contributed by atoms with Crippen LogP contribution in [0.4, 0.5) is 0 Å². The molecule has 10 heterocycles. The summed E-state index contributed by atoms with van der Waals surface area (Å²) >= 11 is 7.13. The van der Waals surface area contributed by atoms with Crippen LogP contribution in [-0.2, 0) is 0 Å². The molecule has 0 aliphatic rings. The van der Waals surface area contributed by atoms with Gasteiger partial charge in [0.1, 0.15) is 11.2 Å². The van der Waals surface area contributed by atoms with Crippen LogP contribution in [0.25, 0.3) is 260 Å². The van der Waals surface area contributed by atoms with Gasteiger partial charge in [0.15, 0.2) is 17.5 Å². The minimum atomic E-state index is 0.702. The highest BCUT2D eigenvalue weighted by Crippen LogP contribution is 2.48. The normalized spacial score (nSPS) is 11.5. The molecule has 17 aromatic carbocycles. The van der Waals surface area contributed by atoms with Gasteiger partial charge in [0.05, 0.1) is 59.1 Å². The molecule has 642 valence electrons. The second-order valence-electron chi connectivity index (χ2n) is 33.9. The SMILES string of the molecule is c1ccc(-c2cc(-c3ccc4c(c3)oc3ccccc34)cc(-c3nc(-c4ccccc4)c4sc5ccccc5c4n3)c2)cc1.c1ccc(-c2cc(-c3nc(-c4ccccc4)c4sc5ccccc5c4n3)cc(-c3cccc4c3sc3ccccc34)c2)cc1.c1ccc(-c2nc(-c3cc(-c4ccc(-c5ccccn5)cc4)cc(-c4ccc(-c5ccccn5)cc4)c3)nc3c2sc2ccccc23)cc1. The Morgan fingerprint density at radius 3 is 0.883 bits per heavy atom. The Bertz CT molecular complexity index is 9150. The van der Waals surface area contributed by atoms with Crippen molar-refractivity contribution in [2.75, 3.05) is 0 Å². The van der Waals surface area contributed by atoms with Crippen molar-refractivity contribution in [3.8, 4) is 157 Å². The predicted molar refractivity (Wildman–Crippen MR) is 577 cm³/mol. The molecule has 0 aliphatic carbocycles. The zero-order valence-electron chi connectivity index (χ0n) is 73.5. The average molecular weight is 1820 g/mol. The predicted octanol–water partition coefficient (Wildman–Crippen LogP) is 34.9. The van der Waals surface area contributed by atoms with E-state index in [0.717, 1.165) is 192 Å². The lowest BCUT2D eigenvalue weighted by molar-refractivity contribution is 0.669. The van der Waals surface area contributed by atoms with Crippen molar-refractivity contribution >= 4 is 148 Å². The molecule has 0 bridgehead atoms. The first-order chi connectivity index (χ1) is 67.8. The number of furan rings is 1.